The van der Waals surface area contributed by atoms with E-state index < -0.39 is 0 Å². The summed E-state index contributed by atoms with van der Waals surface area (Å²) in [5, 5.41) is 2.36. The molecule has 1 atom stereocenters. The summed E-state index contributed by atoms with van der Waals surface area (Å²) in [5.41, 5.74) is 1.47. The highest BCUT2D eigenvalue weighted by atomic mass is 16.2. The van der Waals surface area contributed by atoms with Crippen LogP contribution in [0.1, 0.15) is 35.2 Å². The zero-order valence-corrected chi connectivity index (χ0v) is 7.91. The molecule has 0 radical (unpaired) electrons. The number of hydrogen-bond donors (Lipinski definition) is 1. The lowest BCUT2D eigenvalue weighted by molar-refractivity contribution is -0.122. The summed E-state index contributed by atoms with van der Waals surface area (Å²) in [6.07, 6.45) is 0.718. The highest BCUT2D eigenvalue weighted by molar-refractivity contribution is 6.11. The highest BCUT2D eigenvalue weighted by Gasteiger charge is 2.30. The third kappa shape index (κ3) is 1.21. The molecular formula is C11H11NO2. The van der Waals surface area contributed by atoms with Gasteiger partial charge in [-0.15, -0.1) is 0 Å². The van der Waals surface area contributed by atoms with E-state index in [1.165, 1.54) is 0 Å². The van der Waals surface area contributed by atoms with Gasteiger partial charge in [0, 0.05) is 5.56 Å². The second kappa shape index (κ2) is 3.25. The number of amides is 2. The minimum atomic E-state index is -0.282. The molecule has 3 heteroatoms. The van der Waals surface area contributed by atoms with Gasteiger partial charge >= 0.3 is 0 Å². The Balaban J connectivity index is 2.56. The van der Waals surface area contributed by atoms with E-state index in [0.29, 0.717) is 5.56 Å². The van der Waals surface area contributed by atoms with Crippen LogP contribution in [0.3, 0.4) is 0 Å². The summed E-state index contributed by atoms with van der Waals surface area (Å²) in [6, 6.07) is 7.26. The maximum Gasteiger partial charge on any atom is 0.258 e. The van der Waals surface area contributed by atoms with Crippen LogP contribution in [0.15, 0.2) is 24.3 Å². The Morgan fingerprint density at radius 1 is 1.29 bits per heavy atom. The van der Waals surface area contributed by atoms with Crippen molar-refractivity contribution in [3.63, 3.8) is 0 Å². The molecule has 1 N–H and O–H groups in total. The Morgan fingerprint density at radius 3 is 2.71 bits per heavy atom. The zero-order valence-electron chi connectivity index (χ0n) is 7.91. The zero-order chi connectivity index (χ0) is 10.1. The van der Waals surface area contributed by atoms with Crippen LogP contribution in [0.25, 0.3) is 0 Å². The number of rotatable bonds is 1. The molecule has 0 saturated carbocycles. The molecule has 14 heavy (non-hydrogen) atoms. The van der Waals surface area contributed by atoms with Crippen LogP contribution >= 0.6 is 0 Å². The SMILES string of the molecule is CC[C@@H]1C(=O)NC(=O)c2ccccc21. The monoisotopic (exact) mass is 189 g/mol. The highest BCUT2D eigenvalue weighted by Crippen LogP contribution is 2.26. The van der Waals surface area contributed by atoms with Crippen LogP contribution in [0.4, 0.5) is 0 Å². The second-order valence-electron chi connectivity index (χ2n) is 3.37. The van der Waals surface area contributed by atoms with Gasteiger partial charge in [0.15, 0.2) is 0 Å². The quantitative estimate of drug-likeness (QED) is 0.679. The minimum absolute atomic E-state index is 0.177. The maximum atomic E-state index is 11.5. The van der Waals surface area contributed by atoms with Gasteiger partial charge in [-0.25, -0.2) is 0 Å². The summed E-state index contributed by atoms with van der Waals surface area (Å²) in [7, 11) is 0. The van der Waals surface area contributed by atoms with Gasteiger partial charge in [0.25, 0.3) is 5.91 Å². The van der Waals surface area contributed by atoms with Gasteiger partial charge < -0.3 is 0 Å². The summed E-state index contributed by atoms with van der Waals surface area (Å²) >= 11 is 0. The molecule has 1 aliphatic heterocycles. The molecule has 2 rings (SSSR count). The number of carbonyl (C=O) groups excluding carboxylic acids is 2. The van der Waals surface area contributed by atoms with Crippen LogP contribution in [0.5, 0.6) is 0 Å². The lowest BCUT2D eigenvalue weighted by Crippen LogP contribution is -2.40. The number of carbonyl (C=O) groups is 2. The summed E-state index contributed by atoms with van der Waals surface area (Å²) in [4.78, 5) is 22.9. The van der Waals surface area contributed by atoms with Gasteiger partial charge in [0.2, 0.25) is 5.91 Å². The van der Waals surface area contributed by atoms with Crippen molar-refractivity contribution in [2.45, 2.75) is 19.3 Å². The van der Waals surface area contributed by atoms with Gasteiger partial charge in [0.05, 0.1) is 5.92 Å². The van der Waals surface area contributed by atoms with Crippen LogP contribution in [-0.2, 0) is 4.79 Å². The first-order chi connectivity index (χ1) is 6.74. The molecule has 0 bridgehead atoms. The Bertz CT molecular complexity index is 398. The molecule has 1 heterocycles. The molecule has 0 aliphatic carbocycles. The molecule has 2 amide bonds. The molecule has 0 aromatic heterocycles. The van der Waals surface area contributed by atoms with Gasteiger partial charge in [0.1, 0.15) is 0 Å². The summed E-state index contributed by atoms with van der Waals surface area (Å²) in [5.74, 6) is -0.643. The molecule has 3 nitrogen and oxygen atoms in total. The molecule has 1 aliphatic rings. The van der Waals surface area contributed by atoms with Crippen molar-refractivity contribution in [3.05, 3.63) is 35.4 Å². The topological polar surface area (TPSA) is 46.2 Å². The van der Waals surface area contributed by atoms with Crippen LogP contribution in [0.2, 0.25) is 0 Å². The molecule has 72 valence electrons. The molecule has 1 aromatic carbocycles. The van der Waals surface area contributed by atoms with E-state index >= 15 is 0 Å². The van der Waals surface area contributed by atoms with Gasteiger partial charge in [-0.1, -0.05) is 25.1 Å². The van der Waals surface area contributed by atoms with Crippen molar-refractivity contribution in [1.29, 1.82) is 0 Å². The van der Waals surface area contributed by atoms with Crippen molar-refractivity contribution in [1.82, 2.24) is 5.32 Å². The molecule has 0 saturated heterocycles. The smallest absolute Gasteiger partial charge is 0.258 e. The van der Waals surface area contributed by atoms with E-state index in [2.05, 4.69) is 5.32 Å². The maximum absolute atomic E-state index is 11.5. The molecule has 0 fully saturated rings. The third-order valence-electron chi connectivity index (χ3n) is 2.54. The lowest BCUT2D eigenvalue weighted by atomic mass is 9.88. The second-order valence-corrected chi connectivity index (χ2v) is 3.37. The Hall–Kier alpha value is -1.64. The van der Waals surface area contributed by atoms with Crippen molar-refractivity contribution < 1.29 is 9.59 Å². The predicted octanol–water partition coefficient (Wildman–Crippen LogP) is 1.45. The largest absolute Gasteiger partial charge is 0.292 e. The standard InChI is InChI=1S/C11H11NO2/c1-2-7-8-5-3-4-6-9(8)11(14)12-10(7)13/h3-7H,2H2,1H3,(H,12,13,14)/t7-/m0/s1. The first-order valence-electron chi connectivity index (χ1n) is 4.68. The van der Waals surface area contributed by atoms with E-state index in [1.807, 2.05) is 19.1 Å². The van der Waals surface area contributed by atoms with Crippen LogP contribution < -0.4 is 5.32 Å². The van der Waals surface area contributed by atoms with Gasteiger partial charge in [-0.3, -0.25) is 14.9 Å². The molecule has 0 unspecified atom stereocenters. The lowest BCUT2D eigenvalue weighted by Gasteiger charge is -2.22. The van der Waals surface area contributed by atoms with Crippen molar-refractivity contribution in [2.24, 2.45) is 0 Å². The minimum Gasteiger partial charge on any atom is -0.292 e. The number of imide groups is 1. The Morgan fingerprint density at radius 2 is 2.00 bits per heavy atom. The van der Waals surface area contributed by atoms with E-state index in [4.69, 9.17) is 0 Å². The fourth-order valence-electron chi connectivity index (χ4n) is 1.82. The number of fused-ring (bicyclic) bond motifs is 1. The average molecular weight is 189 g/mol. The Kier molecular flexibility index (Phi) is 2.08. The van der Waals surface area contributed by atoms with Crippen LogP contribution in [-0.4, -0.2) is 11.8 Å². The average Bonchev–Trinajstić information content (AvgIpc) is 2.18. The number of nitrogens with one attached hydrogen (secondary N) is 1. The summed E-state index contributed by atoms with van der Waals surface area (Å²) in [6.45, 7) is 1.94. The molecule has 0 spiro atoms. The van der Waals surface area contributed by atoms with Gasteiger partial charge in [-0.2, -0.15) is 0 Å². The Labute approximate surface area is 82.1 Å². The third-order valence-corrected chi connectivity index (χ3v) is 2.54. The fraction of sp³-hybridized carbons (Fsp3) is 0.273. The van der Waals surface area contributed by atoms with E-state index in [9.17, 15) is 9.59 Å². The molecule has 1 aromatic rings. The van der Waals surface area contributed by atoms with E-state index in [-0.39, 0.29) is 17.7 Å². The van der Waals surface area contributed by atoms with E-state index in [1.54, 1.807) is 12.1 Å². The van der Waals surface area contributed by atoms with E-state index in [0.717, 1.165) is 12.0 Å². The molecular weight excluding hydrogens is 178 g/mol. The number of hydrogen-bond acceptors (Lipinski definition) is 2. The number of benzene rings is 1. The van der Waals surface area contributed by atoms with Crippen LogP contribution in [0, 0.1) is 0 Å². The van der Waals surface area contributed by atoms with Crippen molar-refractivity contribution in [3.8, 4) is 0 Å². The van der Waals surface area contributed by atoms with Crippen molar-refractivity contribution >= 4 is 11.8 Å². The summed E-state index contributed by atoms with van der Waals surface area (Å²) < 4.78 is 0. The first-order valence-corrected chi connectivity index (χ1v) is 4.68. The fourth-order valence-corrected chi connectivity index (χ4v) is 1.82. The predicted molar refractivity (Wildman–Crippen MR) is 51.9 cm³/mol. The normalized spacial score (nSPS) is 20.2. The first kappa shape index (κ1) is 8.94. The van der Waals surface area contributed by atoms with Gasteiger partial charge in [-0.05, 0) is 18.1 Å². The van der Waals surface area contributed by atoms with Crippen molar-refractivity contribution in [2.75, 3.05) is 0 Å².